The Kier molecular flexibility index (Phi) is 5.13. The maximum absolute atomic E-state index is 11.9. The summed E-state index contributed by atoms with van der Waals surface area (Å²) < 4.78 is 11.4. The molecule has 4 aromatic rings. The van der Waals surface area contributed by atoms with Crippen LogP contribution in [0.4, 0.5) is 11.5 Å². The van der Waals surface area contributed by atoms with E-state index in [1.807, 2.05) is 10.5 Å². The first-order chi connectivity index (χ1) is 14.6. The highest BCUT2D eigenvalue weighted by atomic mass is 16.5. The van der Waals surface area contributed by atoms with Crippen LogP contribution in [0.2, 0.25) is 0 Å². The van der Waals surface area contributed by atoms with Gasteiger partial charge in [0.15, 0.2) is 5.65 Å². The normalized spacial score (nSPS) is 10.6. The molecule has 2 heterocycles. The van der Waals surface area contributed by atoms with Crippen molar-refractivity contribution >= 4 is 29.1 Å². The molecule has 0 fully saturated rings. The van der Waals surface area contributed by atoms with E-state index in [-0.39, 0.29) is 0 Å². The molecule has 0 radical (unpaired) electrons. The highest BCUT2D eigenvalue weighted by molar-refractivity contribution is 5.92. The van der Waals surface area contributed by atoms with Crippen LogP contribution in [-0.4, -0.2) is 40.5 Å². The van der Waals surface area contributed by atoms with Gasteiger partial charge in [0.1, 0.15) is 11.5 Å². The van der Waals surface area contributed by atoms with E-state index in [1.54, 1.807) is 61.1 Å². The Balaban J connectivity index is 1.78. The molecular formula is C22H18N4O4. The van der Waals surface area contributed by atoms with E-state index in [1.165, 1.54) is 14.2 Å². The molecule has 0 unspecified atom stereocenters. The van der Waals surface area contributed by atoms with Crippen molar-refractivity contribution in [3.8, 4) is 11.3 Å². The third-order valence-electron chi connectivity index (χ3n) is 4.56. The van der Waals surface area contributed by atoms with Gasteiger partial charge in [-0.3, -0.25) is 9.38 Å². The minimum Gasteiger partial charge on any atom is -0.465 e. The summed E-state index contributed by atoms with van der Waals surface area (Å²) in [5.41, 5.74) is 3.70. The van der Waals surface area contributed by atoms with Crippen LogP contribution in [0.15, 0.2) is 67.1 Å². The van der Waals surface area contributed by atoms with Gasteiger partial charge in [-0.2, -0.15) is 0 Å². The number of benzene rings is 2. The second-order valence-electron chi connectivity index (χ2n) is 6.38. The zero-order valence-corrected chi connectivity index (χ0v) is 16.3. The highest BCUT2D eigenvalue weighted by Gasteiger charge is 2.16. The second-order valence-corrected chi connectivity index (χ2v) is 6.38. The largest absolute Gasteiger partial charge is 0.465 e. The average Bonchev–Trinajstić information content (AvgIpc) is 3.16. The molecule has 0 saturated heterocycles. The molecule has 30 heavy (non-hydrogen) atoms. The van der Waals surface area contributed by atoms with Gasteiger partial charge < -0.3 is 14.8 Å². The summed E-state index contributed by atoms with van der Waals surface area (Å²) in [6.45, 7) is 0. The average molecular weight is 402 g/mol. The van der Waals surface area contributed by atoms with Gasteiger partial charge in [-0.25, -0.2) is 14.6 Å². The number of ether oxygens (including phenoxy) is 2. The van der Waals surface area contributed by atoms with Crippen molar-refractivity contribution in [1.82, 2.24) is 14.4 Å². The summed E-state index contributed by atoms with van der Waals surface area (Å²) in [4.78, 5) is 32.4. The number of methoxy groups -OCH3 is 2. The number of anilines is 2. The fraction of sp³-hybridized carbons (Fsp3) is 0.0909. The molecule has 8 nitrogen and oxygen atoms in total. The van der Waals surface area contributed by atoms with Gasteiger partial charge >= 0.3 is 11.9 Å². The first-order valence-electron chi connectivity index (χ1n) is 9.07. The summed E-state index contributed by atoms with van der Waals surface area (Å²) in [5.74, 6) is -0.126. The summed E-state index contributed by atoms with van der Waals surface area (Å²) in [6.07, 6.45) is 5.11. The molecule has 2 aromatic carbocycles. The number of carbonyl (C=O) groups is 2. The van der Waals surface area contributed by atoms with Gasteiger partial charge in [-0.05, 0) is 30.3 Å². The van der Waals surface area contributed by atoms with Crippen LogP contribution in [0.3, 0.4) is 0 Å². The number of hydrogen-bond acceptors (Lipinski definition) is 7. The number of esters is 2. The van der Waals surface area contributed by atoms with Crippen molar-refractivity contribution < 1.29 is 19.1 Å². The van der Waals surface area contributed by atoms with Crippen LogP contribution in [0, 0.1) is 0 Å². The third kappa shape index (κ3) is 3.58. The number of aromatic nitrogens is 3. The van der Waals surface area contributed by atoms with Crippen LogP contribution in [0.5, 0.6) is 0 Å². The lowest BCUT2D eigenvalue weighted by Crippen LogP contribution is -2.03. The quantitative estimate of drug-likeness (QED) is 0.509. The molecule has 1 N–H and O–H groups in total. The van der Waals surface area contributed by atoms with Crippen molar-refractivity contribution in [2.75, 3.05) is 19.5 Å². The van der Waals surface area contributed by atoms with Crippen LogP contribution < -0.4 is 5.32 Å². The second kappa shape index (κ2) is 8.04. The summed E-state index contributed by atoms with van der Waals surface area (Å²) in [5, 5.41) is 3.34. The predicted molar refractivity (Wildman–Crippen MR) is 111 cm³/mol. The fourth-order valence-corrected chi connectivity index (χ4v) is 3.09. The Morgan fingerprint density at radius 1 is 0.967 bits per heavy atom. The number of fused-ring (bicyclic) bond motifs is 1. The van der Waals surface area contributed by atoms with Gasteiger partial charge in [0.25, 0.3) is 0 Å². The van der Waals surface area contributed by atoms with Crippen molar-refractivity contribution in [3.63, 3.8) is 0 Å². The summed E-state index contributed by atoms with van der Waals surface area (Å²) in [7, 11) is 2.69. The van der Waals surface area contributed by atoms with E-state index in [2.05, 4.69) is 15.3 Å². The lowest BCUT2D eigenvalue weighted by atomic mass is 10.1. The van der Waals surface area contributed by atoms with Crippen molar-refractivity contribution in [2.45, 2.75) is 0 Å². The Morgan fingerprint density at radius 3 is 2.43 bits per heavy atom. The lowest BCUT2D eigenvalue weighted by molar-refractivity contribution is 0.0592. The Labute approximate surface area is 172 Å². The summed E-state index contributed by atoms with van der Waals surface area (Å²) in [6, 6.07) is 14.0. The standard InChI is InChI=1S/C22H18N4O4/c1-29-21(27)15-8-6-14(7-9-15)19-20(26-11-10-23-13-18(26)25-19)24-17-5-3-4-16(12-17)22(28)30-2/h3-13,24H,1-2H3. The molecule has 0 aliphatic heterocycles. The molecule has 0 amide bonds. The number of rotatable bonds is 5. The SMILES string of the molecule is COC(=O)c1ccc(-c2nc3cnccn3c2Nc2cccc(C(=O)OC)c2)cc1. The highest BCUT2D eigenvalue weighted by Crippen LogP contribution is 2.31. The Hall–Kier alpha value is -4.20. The van der Waals surface area contributed by atoms with Crippen molar-refractivity contribution in [3.05, 3.63) is 78.2 Å². The van der Waals surface area contributed by atoms with Gasteiger partial charge in [0.05, 0.1) is 31.5 Å². The van der Waals surface area contributed by atoms with Crippen LogP contribution >= 0.6 is 0 Å². The monoisotopic (exact) mass is 402 g/mol. The zero-order valence-electron chi connectivity index (χ0n) is 16.3. The van der Waals surface area contributed by atoms with Gasteiger partial charge in [-0.1, -0.05) is 18.2 Å². The molecular weight excluding hydrogens is 384 g/mol. The molecule has 8 heteroatoms. The molecule has 0 spiro atoms. The first kappa shape index (κ1) is 19.1. The molecule has 0 aliphatic rings. The number of nitrogens with zero attached hydrogens (tertiary/aromatic N) is 3. The van der Waals surface area contributed by atoms with E-state index in [9.17, 15) is 9.59 Å². The molecule has 150 valence electrons. The molecule has 0 bridgehead atoms. The molecule has 2 aromatic heterocycles. The molecule has 0 aliphatic carbocycles. The van der Waals surface area contributed by atoms with Crippen LogP contribution in [0.25, 0.3) is 16.9 Å². The van der Waals surface area contributed by atoms with E-state index < -0.39 is 11.9 Å². The van der Waals surface area contributed by atoms with E-state index in [4.69, 9.17) is 9.47 Å². The van der Waals surface area contributed by atoms with Gasteiger partial charge in [0.2, 0.25) is 0 Å². The van der Waals surface area contributed by atoms with E-state index >= 15 is 0 Å². The van der Waals surface area contributed by atoms with Crippen molar-refractivity contribution in [2.24, 2.45) is 0 Å². The Bertz CT molecular complexity index is 1230. The minimum absolute atomic E-state index is 0.404. The molecule has 4 rings (SSSR count). The van der Waals surface area contributed by atoms with Gasteiger partial charge in [-0.15, -0.1) is 0 Å². The lowest BCUT2D eigenvalue weighted by Gasteiger charge is -2.10. The van der Waals surface area contributed by atoms with E-state index in [0.29, 0.717) is 34.0 Å². The van der Waals surface area contributed by atoms with E-state index in [0.717, 1.165) is 5.56 Å². The third-order valence-corrected chi connectivity index (χ3v) is 4.56. The Morgan fingerprint density at radius 2 is 1.70 bits per heavy atom. The number of nitrogens with one attached hydrogen (secondary N) is 1. The predicted octanol–water partition coefficient (Wildman–Crippen LogP) is 3.71. The number of imidazole rings is 1. The topological polar surface area (TPSA) is 94.8 Å². The van der Waals surface area contributed by atoms with Crippen LogP contribution in [0.1, 0.15) is 20.7 Å². The maximum atomic E-state index is 11.9. The summed E-state index contributed by atoms with van der Waals surface area (Å²) >= 11 is 0. The zero-order chi connectivity index (χ0) is 21.1. The minimum atomic E-state index is -0.417. The smallest absolute Gasteiger partial charge is 0.337 e. The molecule has 0 saturated carbocycles. The molecule has 0 atom stereocenters. The van der Waals surface area contributed by atoms with Gasteiger partial charge in [0, 0.05) is 23.6 Å². The van der Waals surface area contributed by atoms with Crippen LogP contribution in [-0.2, 0) is 9.47 Å². The number of hydrogen-bond donors (Lipinski definition) is 1. The maximum Gasteiger partial charge on any atom is 0.337 e. The van der Waals surface area contributed by atoms with Crippen molar-refractivity contribution in [1.29, 1.82) is 0 Å². The fourth-order valence-electron chi connectivity index (χ4n) is 3.09. The first-order valence-corrected chi connectivity index (χ1v) is 9.07. The number of carbonyl (C=O) groups excluding carboxylic acids is 2.